The number of nitrogens with zero attached hydrogens (tertiary/aromatic N) is 1. The minimum absolute atomic E-state index is 0.0763. The Morgan fingerprint density at radius 1 is 1.33 bits per heavy atom. The van der Waals surface area contributed by atoms with Crippen molar-refractivity contribution in [1.29, 1.82) is 0 Å². The average Bonchev–Trinajstić information content (AvgIpc) is 2.78. The van der Waals surface area contributed by atoms with E-state index in [0.717, 1.165) is 16.9 Å². The number of phenolic OH excluding ortho intramolecular Hbond substituents is 1. The van der Waals surface area contributed by atoms with Crippen LogP contribution in [-0.2, 0) is 10.0 Å². The molecular formula is C14H16ClNO3S2. The van der Waals surface area contributed by atoms with Crippen molar-refractivity contribution in [3.8, 4) is 5.75 Å². The van der Waals surface area contributed by atoms with Crippen molar-refractivity contribution in [2.45, 2.75) is 24.1 Å². The van der Waals surface area contributed by atoms with E-state index in [2.05, 4.69) is 0 Å². The minimum Gasteiger partial charge on any atom is -0.508 e. The van der Waals surface area contributed by atoms with Crippen molar-refractivity contribution >= 4 is 33.0 Å². The van der Waals surface area contributed by atoms with Gasteiger partial charge in [-0.2, -0.15) is 4.31 Å². The molecule has 0 radical (unpaired) electrons. The van der Waals surface area contributed by atoms with Crippen LogP contribution in [0.4, 0.5) is 0 Å². The molecule has 2 rings (SSSR count). The zero-order valence-corrected chi connectivity index (χ0v) is 14.3. The molecule has 0 fully saturated rings. The summed E-state index contributed by atoms with van der Waals surface area (Å²) in [5.74, 6) is 0.0763. The fraction of sp³-hybridized carbons (Fsp3) is 0.286. The van der Waals surface area contributed by atoms with Gasteiger partial charge in [-0.15, -0.1) is 11.3 Å². The highest BCUT2D eigenvalue weighted by atomic mass is 35.5. The second-order valence-corrected chi connectivity index (χ2v) is 8.66. The Morgan fingerprint density at radius 2 is 1.95 bits per heavy atom. The fourth-order valence-electron chi connectivity index (χ4n) is 1.95. The third kappa shape index (κ3) is 3.08. The summed E-state index contributed by atoms with van der Waals surface area (Å²) in [5, 5.41) is 9.87. The van der Waals surface area contributed by atoms with Crippen molar-refractivity contribution in [1.82, 2.24) is 4.31 Å². The number of hydrogen-bond acceptors (Lipinski definition) is 4. The molecule has 0 saturated carbocycles. The molecule has 0 bridgehead atoms. The number of halogens is 1. The van der Waals surface area contributed by atoms with Crippen LogP contribution in [0.2, 0.25) is 4.34 Å². The van der Waals surface area contributed by atoms with Crippen molar-refractivity contribution in [3.63, 3.8) is 0 Å². The molecule has 1 atom stereocenters. The second-order valence-electron chi connectivity index (χ2n) is 4.78. The van der Waals surface area contributed by atoms with E-state index in [1.54, 1.807) is 44.2 Å². The molecule has 4 nitrogen and oxygen atoms in total. The van der Waals surface area contributed by atoms with Crippen molar-refractivity contribution in [2.75, 3.05) is 7.05 Å². The van der Waals surface area contributed by atoms with Crippen molar-refractivity contribution in [2.24, 2.45) is 0 Å². The lowest BCUT2D eigenvalue weighted by atomic mass is 10.1. The Kier molecular flexibility index (Phi) is 4.63. The van der Waals surface area contributed by atoms with Gasteiger partial charge in [-0.1, -0.05) is 29.8 Å². The van der Waals surface area contributed by atoms with Crippen LogP contribution in [0.15, 0.2) is 34.5 Å². The molecule has 1 heterocycles. The van der Waals surface area contributed by atoms with Gasteiger partial charge >= 0.3 is 0 Å². The average molecular weight is 346 g/mol. The summed E-state index contributed by atoms with van der Waals surface area (Å²) in [7, 11) is -2.15. The van der Waals surface area contributed by atoms with Crippen molar-refractivity contribution < 1.29 is 13.5 Å². The molecule has 0 spiro atoms. The van der Waals surface area contributed by atoms with Crippen LogP contribution in [-0.4, -0.2) is 24.9 Å². The number of benzene rings is 1. The van der Waals surface area contributed by atoms with Gasteiger partial charge in [0.2, 0.25) is 0 Å². The fourth-order valence-corrected chi connectivity index (χ4v) is 5.18. The summed E-state index contributed by atoms with van der Waals surface area (Å²) < 4.78 is 27.2. The number of hydrogen-bond donors (Lipinski definition) is 1. The molecular weight excluding hydrogens is 330 g/mol. The van der Waals surface area contributed by atoms with E-state index in [0.29, 0.717) is 9.90 Å². The molecule has 1 N–H and O–H groups in total. The Balaban J connectivity index is 2.38. The van der Waals surface area contributed by atoms with Crippen LogP contribution in [0, 0.1) is 6.92 Å². The maximum Gasteiger partial charge on any atom is 0.252 e. The molecule has 114 valence electrons. The van der Waals surface area contributed by atoms with Gasteiger partial charge in [-0.25, -0.2) is 8.42 Å². The highest BCUT2D eigenvalue weighted by molar-refractivity contribution is 7.91. The highest BCUT2D eigenvalue weighted by Gasteiger charge is 2.29. The van der Waals surface area contributed by atoms with Crippen LogP contribution >= 0.6 is 22.9 Å². The van der Waals surface area contributed by atoms with E-state index < -0.39 is 16.1 Å². The Hall–Kier alpha value is -1.08. The van der Waals surface area contributed by atoms with E-state index in [-0.39, 0.29) is 9.96 Å². The summed E-state index contributed by atoms with van der Waals surface area (Å²) in [6, 6.07) is 7.78. The van der Waals surface area contributed by atoms with E-state index in [9.17, 15) is 13.5 Å². The van der Waals surface area contributed by atoms with E-state index in [1.165, 1.54) is 11.4 Å². The lowest BCUT2D eigenvalue weighted by Crippen LogP contribution is -2.29. The van der Waals surface area contributed by atoms with Gasteiger partial charge in [0, 0.05) is 12.6 Å². The monoisotopic (exact) mass is 345 g/mol. The van der Waals surface area contributed by atoms with Gasteiger partial charge in [-0.05, 0) is 31.5 Å². The molecule has 7 heteroatoms. The molecule has 21 heavy (non-hydrogen) atoms. The smallest absolute Gasteiger partial charge is 0.252 e. The predicted octanol–water partition coefficient (Wildman–Crippen LogP) is 3.80. The highest BCUT2D eigenvalue weighted by Crippen LogP contribution is 2.35. The van der Waals surface area contributed by atoms with Crippen LogP contribution in [0.1, 0.15) is 24.1 Å². The molecule has 1 aromatic heterocycles. The first-order valence-corrected chi connectivity index (χ1v) is 8.90. The SMILES string of the molecule is Cc1cc(S(=O)(=O)N(C)C(C)c2ccccc2O)sc1Cl. The third-order valence-electron chi connectivity index (χ3n) is 3.40. The normalized spacial score (nSPS) is 13.6. The summed E-state index contributed by atoms with van der Waals surface area (Å²) in [5.41, 5.74) is 1.30. The van der Waals surface area contributed by atoms with Gasteiger partial charge in [0.05, 0.1) is 10.4 Å². The number of para-hydroxylation sites is 1. The third-order valence-corrected chi connectivity index (χ3v) is 7.33. The Morgan fingerprint density at radius 3 is 2.48 bits per heavy atom. The molecule has 2 aromatic rings. The maximum atomic E-state index is 12.6. The zero-order valence-electron chi connectivity index (χ0n) is 11.9. The molecule has 1 aromatic carbocycles. The van der Waals surface area contributed by atoms with Gasteiger partial charge in [0.15, 0.2) is 0 Å². The van der Waals surface area contributed by atoms with Gasteiger partial charge in [-0.3, -0.25) is 0 Å². The standard InChI is InChI=1S/C14H16ClNO3S2/c1-9-8-13(20-14(9)15)21(18,19)16(3)10(2)11-6-4-5-7-12(11)17/h4-8,10,17H,1-3H3. The predicted molar refractivity (Wildman–Crippen MR) is 85.5 cm³/mol. The number of phenols is 1. The Labute approximate surface area is 133 Å². The number of rotatable bonds is 4. The molecule has 0 amide bonds. The minimum atomic E-state index is -3.65. The largest absolute Gasteiger partial charge is 0.508 e. The number of aryl methyl sites for hydroxylation is 1. The maximum absolute atomic E-state index is 12.6. The van der Waals surface area contributed by atoms with Crippen LogP contribution in [0.3, 0.4) is 0 Å². The first-order chi connectivity index (χ1) is 9.75. The lowest BCUT2D eigenvalue weighted by Gasteiger charge is -2.24. The quantitative estimate of drug-likeness (QED) is 0.917. The second kappa shape index (κ2) is 5.96. The van der Waals surface area contributed by atoms with Crippen molar-refractivity contribution in [3.05, 3.63) is 45.8 Å². The van der Waals surface area contributed by atoms with Gasteiger partial charge in [0.1, 0.15) is 9.96 Å². The summed E-state index contributed by atoms with van der Waals surface area (Å²) in [4.78, 5) is 0. The summed E-state index contributed by atoms with van der Waals surface area (Å²) in [6.45, 7) is 3.50. The Bertz CT molecular complexity index is 736. The summed E-state index contributed by atoms with van der Waals surface area (Å²) >= 11 is 7.00. The molecule has 1 unspecified atom stereocenters. The molecule has 0 saturated heterocycles. The number of aromatic hydroxyl groups is 1. The van der Waals surface area contributed by atoms with E-state index in [4.69, 9.17) is 11.6 Å². The van der Waals surface area contributed by atoms with Gasteiger partial charge in [0.25, 0.3) is 10.0 Å². The van der Waals surface area contributed by atoms with Crippen LogP contribution in [0.25, 0.3) is 0 Å². The molecule has 0 aliphatic carbocycles. The van der Waals surface area contributed by atoms with E-state index in [1.807, 2.05) is 0 Å². The first-order valence-electron chi connectivity index (χ1n) is 6.27. The molecule has 0 aliphatic heterocycles. The lowest BCUT2D eigenvalue weighted by molar-refractivity contribution is 0.382. The molecule has 0 aliphatic rings. The number of sulfonamides is 1. The zero-order chi connectivity index (χ0) is 15.8. The summed E-state index contributed by atoms with van der Waals surface area (Å²) in [6.07, 6.45) is 0. The topological polar surface area (TPSA) is 57.6 Å². The van der Waals surface area contributed by atoms with Crippen LogP contribution < -0.4 is 0 Å². The first kappa shape index (κ1) is 16.3. The van der Waals surface area contributed by atoms with Gasteiger partial charge < -0.3 is 5.11 Å². The van der Waals surface area contributed by atoms with Crippen LogP contribution in [0.5, 0.6) is 5.75 Å². The number of thiophene rings is 1. The van der Waals surface area contributed by atoms with E-state index >= 15 is 0 Å².